The maximum Gasteiger partial charge on any atom is 0.195 e. The first-order valence-corrected chi connectivity index (χ1v) is 4.62. The summed E-state index contributed by atoms with van der Waals surface area (Å²) >= 11 is 0. The summed E-state index contributed by atoms with van der Waals surface area (Å²) in [5.74, 6) is -1.17. The third-order valence-corrected chi connectivity index (χ3v) is 3.11. The zero-order valence-corrected chi connectivity index (χ0v) is 8.12. The average molecular weight is 186 g/mol. The van der Waals surface area contributed by atoms with Crippen LogP contribution in [0.5, 0.6) is 0 Å². The van der Waals surface area contributed by atoms with Crippen molar-refractivity contribution in [2.75, 3.05) is 13.2 Å². The molecule has 3 rings (SSSR count). The summed E-state index contributed by atoms with van der Waals surface area (Å²) in [6.07, 6.45) is -0.0984. The van der Waals surface area contributed by atoms with Crippen molar-refractivity contribution in [2.45, 2.75) is 44.1 Å². The lowest BCUT2D eigenvalue weighted by Gasteiger charge is -2.38. The lowest BCUT2D eigenvalue weighted by atomic mass is 9.98. The van der Waals surface area contributed by atoms with E-state index >= 15 is 0 Å². The second-order valence-corrected chi connectivity index (χ2v) is 4.64. The molecule has 13 heavy (non-hydrogen) atoms. The maximum absolute atomic E-state index is 5.84. The Balaban J connectivity index is 2.06. The summed E-state index contributed by atoms with van der Waals surface area (Å²) in [7, 11) is 0. The number of hydrogen-bond donors (Lipinski definition) is 0. The Morgan fingerprint density at radius 1 is 1.08 bits per heavy atom. The molecule has 0 radical (unpaired) electrons. The van der Waals surface area contributed by atoms with E-state index in [4.69, 9.17) is 18.9 Å². The van der Waals surface area contributed by atoms with Gasteiger partial charge in [-0.05, 0) is 20.8 Å². The van der Waals surface area contributed by atoms with Crippen molar-refractivity contribution in [1.29, 1.82) is 0 Å². The van der Waals surface area contributed by atoms with Crippen LogP contribution in [0, 0.1) is 0 Å². The van der Waals surface area contributed by atoms with Crippen LogP contribution in [0.15, 0.2) is 0 Å². The topological polar surface area (TPSA) is 36.9 Å². The fourth-order valence-electron chi connectivity index (χ4n) is 2.53. The van der Waals surface area contributed by atoms with Crippen LogP contribution in [0.4, 0.5) is 0 Å². The van der Waals surface area contributed by atoms with Crippen molar-refractivity contribution in [3.8, 4) is 0 Å². The molecule has 3 fully saturated rings. The fourth-order valence-corrected chi connectivity index (χ4v) is 2.53. The first-order valence-electron chi connectivity index (χ1n) is 4.62. The van der Waals surface area contributed by atoms with Gasteiger partial charge in [-0.15, -0.1) is 0 Å². The summed E-state index contributed by atoms with van der Waals surface area (Å²) < 4.78 is 22.9. The van der Waals surface area contributed by atoms with Crippen LogP contribution in [0.1, 0.15) is 20.8 Å². The molecule has 74 valence electrons. The van der Waals surface area contributed by atoms with Crippen LogP contribution in [0.2, 0.25) is 0 Å². The standard InChI is InChI=1S/C9H14O4/c1-7-4-10-9(3)6(7)12-8(2,13-7)5-11-9/h6H,4-5H2,1-3H3/t6-,7+,8-,9+/m0/s1. The Labute approximate surface area is 77.1 Å². The van der Waals surface area contributed by atoms with Crippen LogP contribution in [-0.2, 0) is 18.9 Å². The zero-order valence-electron chi connectivity index (χ0n) is 8.12. The summed E-state index contributed by atoms with van der Waals surface area (Å²) in [5, 5.41) is 0. The third-order valence-electron chi connectivity index (χ3n) is 3.11. The van der Waals surface area contributed by atoms with Crippen molar-refractivity contribution in [3.63, 3.8) is 0 Å². The molecule has 4 nitrogen and oxygen atoms in total. The Kier molecular flexibility index (Phi) is 1.21. The lowest BCUT2D eigenvalue weighted by Crippen LogP contribution is -2.52. The minimum Gasteiger partial charge on any atom is -0.344 e. The third kappa shape index (κ3) is 0.845. The van der Waals surface area contributed by atoms with Gasteiger partial charge in [0.15, 0.2) is 11.6 Å². The van der Waals surface area contributed by atoms with Crippen LogP contribution in [0.25, 0.3) is 0 Å². The molecule has 0 aromatic carbocycles. The minimum absolute atomic E-state index is 0.0984. The first-order chi connectivity index (χ1) is 5.96. The summed E-state index contributed by atoms with van der Waals surface area (Å²) in [5.41, 5.74) is -0.333. The Hall–Kier alpha value is -0.160. The molecule has 0 aromatic heterocycles. The molecule has 3 heterocycles. The Morgan fingerprint density at radius 3 is 2.54 bits per heavy atom. The molecule has 2 bridgehead atoms. The minimum atomic E-state index is -0.606. The second kappa shape index (κ2) is 1.93. The van der Waals surface area contributed by atoms with Gasteiger partial charge in [-0.3, -0.25) is 0 Å². The smallest absolute Gasteiger partial charge is 0.195 e. The molecule has 4 heteroatoms. The first kappa shape index (κ1) is 8.17. The zero-order chi connectivity index (χ0) is 9.32. The second-order valence-electron chi connectivity index (χ2n) is 4.64. The predicted octanol–water partition coefficient (Wildman–Crippen LogP) is 0.653. The van der Waals surface area contributed by atoms with Crippen molar-refractivity contribution in [3.05, 3.63) is 0 Å². The van der Waals surface area contributed by atoms with E-state index in [-0.39, 0.29) is 11.7 Å². The Bertz CT molecular complexity index is 268. The highest BCUT2D eigenvalue weighted by molar-refractivity contribution is 5.07. The van der Waals surface area contributed by atoms with Gasteiger partial charge in [0.05, 0.1) is 6.61 Å². The lowest BCUT2D eigenvalue weighted by molar-refractivity contribution is -0.349. The highest BCUT2D eigenvalue weighted by Gasteiger charge is 2.68. The van der Waals surface area contributed by atoms with E-state index in [1.807, 2.05) is 20.8 Å². The van der Waals surface area contributed by atoms with E-state index < -0.39 is 11.6 Å². The summed E-state index contributed by atoms with van der Waals surface area (Å²) in [6.45, 7) is 6.83. The van der Waals surface area contributed by atoms with Crippen molar-refractivity contribution >= 4 is 0 Å². The van der Waals surface area contributed by atoms with Crippen LogP contribution in [0.3, 0.4) is 0 Å². The van der Waals surface area contributed by atoms with E-state index in [0.29, 0.717) is 13.2 Å². The number of rotatable bonds is 0. The molecule has 0 aromatic rings. The van der Waals surface area contributed by atoms with E-state index in [0.717, 1.165) is 0 Å². The van der Waals surface area contributed by atoms with Gasteiger partial charge in [-0.25, -0.2) is 0 Å². The van der Waals surface area contributed by atoms with Crippen LogP contribution < -0.4 is 0 Å². The van der Waals surface area contributed by atoms with Crippen LogP contribution >= 0.6 is 0 Å². The molecule has 4 atom stereocenters. The van der Waals surface area contributed by atoms with Gasteiger partial charge < -0.3 is 18.9 Å². The largest absolute Gasteiger partial charge is 0.344 e. The fraction of sp³-hybridized carbons (Fsp3) is 1.00. The monoisotopic (exact) mass is 186 g/mol. The molecule has 3 aliphatic rings. The highest BCUT2D eigenvalue weighted by Crippen LogP contribution is 2.51. The van der Waals surface area contributed by atoms with E-state index in [9.17, 15) is 0 Å². The molecule has 3 saturated heterocycles. The van der Waals surface area contributed by atoms with Gasteiger partial charge in [0.25, 0.3) is 0 Å². The van der Waals surface area contributed by atoms with Gasteiger partial charge >= 0.3 is 0 Å². The van der Waals surface area contributed by atoms with Crippen molar-refractivity contribution in [1.82, 2.24) is 0 Å². The van der Waals surface area contributed by atoms with Gasteiger partial charge in [-0.2, -0.15) is 0 Å². The molecule has 0 spiro atoms. The van der Waals surface area contributed by atoms with E-state index in [2.05, 4.69) is 0 Å². The van der Waals surface area contributed by atoms with Gasteiger partial charge in [0.1, 0.15) is 18.3 Å². The maximum atomic E-state index is 5.84. The molecule has 3 aliphatic heterocycles. The summed E-state index contributed by atoms with van der Waals surface area (Å²) in [6, 6.07) is 0. The van der Waals surface area contributed by atoms with Gasteiger partial charge in [-0.1, -0.05) is 0 Å². The number of hydrogen-bond acceptors (Lipinski definition) is 4. The molecular weight excluding hydrogens is 172 g/mol. The molecule has 0 aliphatic carbocycles. The van der Waals surface area contributed by atoms with Crippen LogP contribution in [-0.4, -0.2) is 36.5 Å². The molecule has 0 N–H and O–H groups in total. The molecule has 0 amide bonds. The van der Waals surface area contributed by atoms with E-state index in [1.54, 1.807) is 0 Å². The average Bonchev–Trinajstić information content (AvgIpc) is 2.41. The van der Waals surface area contributed by atoms with Crippen molar-refractivity contribution < 1.29 is 18.9 Å². The quantitative estimate of drug-likeness (QED) is 0.556. The summed E-state index contributed by atoms with van der Waals surface area (Å²) in [4.78, 5) is 0. The van der Waals surface area contributed by atoms with Gasteiger partial charge in [0.2, 0.25) is 0 Å². The Morgan fingerprint density at radius 2 is 1.77 bits per heavy atom. The number of fused-ring (bicyclic) bond motifs is 1. The molecular formula is C9H14O4. The molecule has 0 unspecified atom stereocenters. The normalized spacial score (nSPS) is 64.4. The van der Waals surface area contributed by atoms with Crippen molar-refractivity contribution in [2.24, 2.45) is 0 Å². The number of ether oxygens (including phenoxy) is 4. The van der Waals surface area contributed by atoms with E-state index in [1.165, 1.54) is 0 Å². The van der Waals surface area contributed by atoms with Gasteiger partial charge in [0, 0.05) is 0 Å². The molecule has 0 saturated carbocycles. The SMILES string of the molecule is C[C@@]12CO[C@@]3(C)OC[C@@](C)(O1)[C@@H]3O2. The predicted molar refractivity (Wildman–Crippen MR) is 43.1 cm³/mol. The highest BCUT2D eigenvalue weighted by atomic mass is 16.9.